The SMILES string of the molecule is C[C@@H](Oc1ccc(F)cc1)C(=O)N(C)C1CCCCC1. The van der Waals surface area contributed by atoms with Crippen LogP contribution in [-0.4, -0.2) is 30.0 Å². The molecule has 0 aliphatic heterocycles. The molecule has 3 nitrogen and oxygen atoms in total. The number of likely N-dealkylation sites (N-methyl/N-ethyl adjacent to an activating group) is 1. The number of hydrogen-bond donors (Lipinski definition) is 0. The first kappa shape index (κ1) is 14.8. The van der Waals surface area contributed by atoms with Gasteiger partial charge in [-0.3, -0.25) is 4.79 Å². The van der Waals surface area contributed by atoms with E-state index in [4.69, 9.17) is 4.74 Å². The van der Waals surface area contributed by atoms with Gasteiger partial charge in [0.25, 0.3) is 5.91 Å². The maximum atomic E-state index is 12.8. The second kappa shape index (κ2) is 6.73. The number of carbonyl (C=O) groups is 1. The highest BCUT2D eigenvalue weighted by Crippen LogP contribution is 2.22. The van der Waals surface area contributed by atoms with Gasteiger partial charge in [0.05, 0.1) is 0 Å². The number of amides is 1. The Balaban J connectivity index is 1.92. The summed E-state index contributed by atoms with van der Waals surface area (Å²) < 4.78 is 18.4. The van der Waals surface area contributed by atoms with Crippen LogP contribution in [0.1, 0.15) is 39.0 Å². The lowest BCUT2D eigenvalue weighted by Gasteiger charge is -2.32. The number of nitrogens with zero attached hydrogens (tertiary/aromatic N) is 1. The van der Waals surface area contributed by atoms with Crippen molar-refractivity contribution in [2.75, 3.05) is 7.05 Å². The Morgan fingerprint density at radius 3 is 2.45 bits per heavy atom. The van der Waals surface area contributed by atoms with Crippen molar-refractivity contribution in [2.24, 2.45) is 0 Å². The number of rotatable bonds is 4. The van der Waals surface area contributed by atoms with Gasteiger partial charge in [-0.2, -0.15) is 0 Å². The molecule has 0 bridgehead atoms. The monoisotopic (exact) mass is 279 g/mol. The van der Waals surface area contributed by atoms with Gasteiger partial charge in [0, 0.05) is 13.1 Å². The van der Waals surface area contributed by atoms with E-state index < -0.39 is 6.10 Å². The number of halogens is 1. The predicted molar refractivity (Wildman–Crippen MR) is 76.1 cm³/mol. The van der Waals surface area contributed by atoms with Crippen LogP contribution in [0, 0.1) is 5.82 Å². The molecule has 1 fully saturated rings. The van der Waals surface area contributed by atoms with Crippen molar-refractivity contribution in [3.8, 4) is 5.75 Å². The molecule has 4 heteroatoms. The largest absolute Gasteiger partial charge is 0.481 e. The van der Waals surface area contributed by atoms with Crippen molar-refractivity contribution in [2.45, 2.75) is 51.2 Å². The summed E-state index contributed by atoms with van der Waals surface area (Å²) in [6.45, 7) is 1.74. The molecule has 20 heavy (non-hydrogen) atoms. The molecule has 0 unspecified atom stereocenters. The van der Waals surface area contributed by atoms with Gasteiger partial charge in [-0.05, 0) is 44.0 Å². The van der Waals surface area contributed by atoms with Crippen molar-refractivity contribution < 1.29 is 13.9 Å². The summed E-state index contributed by atoms with van der Waals surface area (Å²) in [5.74, 6) is 0.196. The topological polar surface area (TPSA) is 29.5 Å². The Labute approximate surface area is 119 Å². The number of hydrogen-bond acceptors (Lipinski definition) is 2. The molecule has 2 rings (SSSR count). The van der Waals surface area contributed by atoms with Gasteiger partial charge in [0.15, 0.2) is 6.10 Å². The van der Waals surface area contributed by atoms with Gasteiger partial charge in [-0.25, -0.2) is 4.39 Å². The van der Waals surface area contributed by atoms with Crippen LogP contribution in [0.15, 0.2) is 24.3 Å². The second-order valence-corrected chi connectivity index (χ2v) is 5.45. The molecule has 0 heterocycles. The molecule has 1 aliphatic carbocycles. The summed E-state index contributed by atoms with van der Waals surface area (Å²) >= 11 is 0. The first-order valence-corrected chi connectivity index (χ1v) is 7.27. The average molecular weight is 279 g/mol. The quantitative estimate of drug-likeness (QED) is 0.845. The lowest BCUT2D eigenvalue weighted by Crippen LogP contribution is -2.44. The van der Waals surface area contributed by atoms with Crippen molar-refractivity contribution in [3.63, 3.8) is 0 Å². The minimum absolute atomic E-state index is 0.0128. The van der Waals surface area contributed by atoms with Crippen LogP contribution in [0.4, 0.5) is 4.39 Å². The first-order chi connectivity index (χ1) is 9.58. The zero-order valence-corrected chi connectivity index (χ0v) is 12.1. The number of benzene rings is 1. The number of ether oxygens (including phenoxy) is 1. The van der Waals surface area contributed by atoms with Gasteiger partial charge in [-0.1, -0.05) is 19.3 Å². The van der Waals surface area contributed by atoms with E-state index in [0.717, 1.165) is 12.8 Å². The standard InChI is InChI=1S/C16H22FNO2/c1-12(20-15-10-8-13(17)9-11-15)16(19)18(2)14-6-4-3-5-7-14/h8-12,14H,3-7H2,1-2H3/t12-/m1/s1. The molecule has 1 aromatic rings. The summed E-state index contributed by atoms with van der Waals surface area (Å²) in [5, 5.41) is 0. The average Bonchev–Trinajstić information content (AvgIpc) is 2.49. The summed E-state index contributed by atoms with van der Waals surface area (Å²) in [4.78, 5) is 14.2. The van der Waals surface area contributed by atoms with Crippen LogP contribution < -0.4 is 4.74 Å². The van der Waals surface area contributed by atoms with Gasteiger partial charge >= 0.3 is 0 Å². The van der Waals surface area contributed by atoms with E-state index in [-0.39, 0.29) is 11.7 Å². The zero-order valence-electron chi connectivity index (χ0n) is 12.1. The molecular formula is C16H22FNO2. The lowest BCUT2D eigenvalue weighted by molar-refractivity contribution is -0.139. The fraction of sp³-hybridized carbons (Fsp3) is 0.562. The number of carbonyl (C=O) groups excluding carboxylic acids is 1. The van der Waals surface area contributed by atoms with Gasteiger partial charge in [0.2, 0.25) is 0 Å². The van der Waals surface area contributed by atoms with E-state index in [0.29, 0.717) is 11.8 Å². The van der Waals surface area contributed by atoms with E-state index in [1.54, 1.807) is 19.1 Å². The Morgan fingerprint density at radius 1 is 1.25 bits per heavy atom. The zero-order chi connectivity index (χ0) is 14.5. The van der Waals surface area contributed by atoms with Crippen molar-refractivity contribution in [1.29, 1.82) is 0 Å². The highest BCUT2D eigenvalue weighted by atomic mass is 19.1. The van der Waals surface area contributed by atoms with Crippen LogP contribution in [0.3, 0.4) is 0 Å². The molecule has 1 atom stereocenters. The molecule has 1 aliphatic rings. The maximum Gasteiger partial charge on any atom is 0.263 e. The fourth-order valence-corrected chi connectivity index (χ4v) is 2.70. The third kappa shape index (κ3) is 3.71. The van der Waals surface area contributed by atoms with Crippen LogP contribution in [0.2, 0.25) is 0 Å². The minimum atomic E-state index is -0.549. The van der Waals surface area contributed by atoms with Crippen LogP contribution >= 0.6 is 0 Å². The van der Waals surface area contributed by atoms with Gasteiger partial charge in [-0.15, -0.1) is 0 Å². The van der Waals surface area contributed by atoms with Crippen molar-refractivity contribution >= 4 is 5.91 Å². The molecule has 1 amide bonds. The summed E-state index contributed by atoms with van der Waals surface area (Å²) in [7, 11) is 1.85. The molecule has 0 saturated heterocycles. The van der Waals surface area contributed by atoms with Crippen molar-refractivity contribution in [1.82, 2.24) is 4.90 Å². The first-order valence-electron chi connectivity index (χ1n) is 7.27. The highest BCUT2D eigenvalue weighted by Gasteiger charge is 2.26. The van der Waals surface area contributed by atoms with E-state index in [1.165, 1.54) is 31.4 Å². The minimum Gasteiger partial charge on any atom is -0.481 e. The van der Waals surface area contributed by atoms with Crippen LogP contribution in [0.5, 0.6) is 5.75 Å². The highest BCUT2D eigenvalue weighted by molar-refractivity contribution is 5.81. The molecule has 1 aromatic carbocycles. The summed E-state index contributed by atoms with van der Waals surface area (Å²) in [6, 6.07) is 6.07. The normalized spacial score (nSPS) is 17.6. The van der Waals surface area contributed by atoms with Gasteiger partial charge < -0.3 is 9.64 Å². The third-order valence-corrected chi connectivity index (χ3v) is 3.94. The molecule has 0 spiro atoms. The third-order valence-electron chi connectivity index (χ3n) is 3.94. The second-order valence-electron chi connectivity index (χ2n) is 5.45. The Kier molecular flexibility index (Phi) is 4.99. The maximum absolute atomic E-state index is 12.8. The molecule has 0 N–H and O–H groups in total. The Morgan fingerprint density at radius 2 is 1.85 bits per heavy atom. The van der Waals surface area contributed by atoms with E-state index >= 15 is 0 Å². The molecular weight excluding hydrogens is 257 g/mol. The van der Waals surface area contributed by atoms with Crippen LogP contribution in [0.25, 0.3) is 0 Å². The molecule has 0 aromatic heterocycles. The smallest absolute Gasteiger partial charge is 0.263 e. The summed E-state index contributed by atoms with van der Waals surface area (Å²) in [6.07, 6.45) is 5.25. The fourth-order valence-electron chi connectivity index (χ4n) is 2.70. The van der Waals surface area contributed by atoms with E-state index in [9.17, 15) is 9.18 Å². The van der Waals surface area contributed by atoms with Crippen LogP contribution in [-0.2, 0) is 4.79 Å². The Bertz CT molecular complexity index is 440. The molecule has 0 radical (unpaired) electrons. The predicted octanol–water partition coefficient (Wildman–Crippen LogP) is 3.38. The molecule has 1 saturated carbocycles. The van der Waals surface area contributed by atoms with Crippen molar-refractivity contribution in [3.05, 3.63) is 30.1 Å². The summed E-state index contributed by atoms with van der Waals surface area (Å²) in [5.41, 5.74) is 0. The van der Waals surface area contributed by atoms with E-state index in [1.807, 2.05) is 11.9 Å². The lowest BCUT2D eigenvalue weighted by atomic mass is 9.94. The van der Waals surface area contributed by atoms with Gasteiger partial charge in [0.1, 0.15) is 11.6 Å². The molecule has 110 valence electrons. The Hall–Kier alpha value is -1.58. The van der Waals surface area contributed by atoms with E-state index in [2.05, 4.69) is 0 Å².